The van der Waals surface area contributed by atoms with E-state index in [1.54, 1.807) is 22.3 Å². The molecule has 9 aliphatic heterocycles. The number of anilines is 2. The second-order valence-corrected chi connectivity index (χ2v) is 22.8. The Labute approximate surface area is 370 Å². The molecule has 304 valence electrons. The number of hydrogen-bond acceptors (Lipinski definition) is 4. The number of quaternary nitrogens is 2. The number of fused-ring (bicyclic) bond motifs is 6. The van der Waals surface area contributed by atoms with E-state index in [1.165, 1.54) is 70.2 Å². The molecule has 4 aromatic rings. The fraction of sp³-hybridized carbons (Fsp3) is 0.462. The van der Waals surface area contributed by atoms with Crippen LogP contribution in [0.25, 0.3) is 0 Å². The predicted octanol–water partition coefficient (Wildman–Crippen LogP) is 9.22. The van der Waals surface area contributed by atoms with Crippen LogP contribution in [0.4, 0.5) is 11.4 Å². The van der Waals surface area contributed by atoms with E-state index >= 15 is 0 Å². The van der Waals surface area contributed by atoms with E-state index < -0.39 is 0 Å². The van der Waals surface area contributed by atoms with Crippen LogP contribution in [0.5, 0.6) is 0 Å². The Bertz CT molecular complexity index is 2400. The van der Waals surface area contributed by atoms with E-state index in [0.29, 0.717) is 61.1 Å². The van der Waals surface area contributed by atoms with Gasteiger partial charge >= 0.3 is 0 Å². The molecule has 8 heteroatoms. The molecule has 0 aromatic heterocycles. The SMILES string of the molecule is Brc1ccc(C[N+]23CC[C@@]45c6ccccc6N6[C@@H]7OCC=C8C[N+]9(Cc%10ccc(Br)cc%10)CC[C@]%10%11c%12ccccc%12N([C@@H]%12OCC=C(C2)[C@H](C[C@@H]43)[C@@H]%12[C@H]65)[C@H]%10[C@H]7[C@H]8C[C@@H]%119)cc1. The molecular formula is C52H52Br2N4O2+2. The van der Waals surface area contributed by atoms with Crippen LogP contribution in [0.15, 0.2) is 129 Å². The van der Waals surface area contributed by atoms with E-state index in [1.807, 2.05) is 0 Å². The number of piperidine rings is 2. The Morgan fingerprint density at radius 1 is 0.567 bits per heavy atom. The predicted molar refractivity (Wildman–Crippen MR) is 240 cm³/mol. The lowest BCUT2D eigenvalue weighted by Gasteiger charge is -2.65. The van der Waals surface area contributed by atoms with Gasteiger partial charge in [0.1, 0.15) is 50.7 Å². The van der Waals surface area contributed by atoms with Gasteiger partial charge in [-0.05, 0) is 58.7 Å². The van der Waals surface area contributed by atoms with Gasteiger partial charge in [-0.2, -0.15) is 0 Å². The van der Waals surface area contributed by atoms with Crippen LogP contribution >= 0.6 is 31.9 Å². The van der Waals surface area contributed by atoms with Crippen molar-refractivity contribution in [2.75, 3.05) is 49.2 Å². The first-order chi connectivity index (χ1) is 29.4. The zero-order chi connectivity index (χ0) is 39.3. The Morgan fingerprint density at radius 3 is 1.45 bits per heavy atom. The fourth-order valence-electron chi connectivity index (χ4n) is 17.7. The number of rotatable bonds is 4. The van der Waals surface area contributed by atoms with Crippen molar-refractivity contribution in [3.63, 3.8) is 0 Å². The van der Waals surface area contributed by atoms with Crippen LogP contribution in [-0.2, 0) is 33.4 Å². The summed E-state index contributed by atoms with van der Waals surface area (Å²) in [6.45, 7) is 8.34. The summed E-state index contributed by atoms with van der Waals surface area (Å²) in [7, 11) is 0. The third-order valence-corrected chi connectivity index (χ3v) is 20.3. The van der Waals surface area contributed by atoms with Crippen LogP contribution < -0.4 is 9.80 Å². The van der Waals surface area contributed by atoms with Crippen LogP contribution in [0.1, 0.15) is 47.9 Å². The molecule has 60 heavy (non-hydrogen) atoms. The second-order valence-electron chi connectivity index (χ2n) is 21.0. The van der Waals surface area contributed by atoms with Crippen LogP contribution in [0.2, 0.25) is 0 Å². The normalized spacial score (nSPS) is 43.6. The van der Waals surface area contributed by atoms with E-state index in [9.17, 15) is 0 Å². The summed E-state index contributed by atoms with van der Waals surface area (Å²) in [6, 6.07) is 39.8. The molecule has 0 N–H and O–H groups in total. The molecule has 4 aromatic carbocycles. The average Bonchev–Trinajstić information content (AvgIpc) is 3.88. The molecule has 15 rings (SSSR count). The number of benzene rings is 4. The summed E-state index contributed by atoms with van der Waals surface area (Å²) in [5.74, 6) is 1.66. The second kappa shape index (κ2) is 11.9. The van der Waals surface area contributed by atoms with Crippen molar-refractivity contribution in [1.29, 1.82) is 0 Å². The summed E-state index contributed by atoms with van der Waals surface area (Å²) in [5.41, 5.74) is 12.5. The number of para-hydroxylation sites is 2. The average molecular weight is 925 g/mol. The summed E-state index contributed by atoms with van der Waals surface area (Å²) >= 11 is 7.48. The quantitative estimate of drug-likeness (QED) is 0.151. The topological polar surface area (TPSA) is 24.9 Å². The monoisotopic (exact) mass is 922 g/mol. The van der Waals surface area contributed by atoms with Crippen LogP contribution in [0.3, 0.4) is 0 Å². The van der Waals surface area contributed by atoms with Crippen LogP contribution in [0, 0.1) is 23.7 Å². The van der Waals surface area contributed by atoms with Crippen molar-refractivity contribution >= 4 is 43.2 Å². The van der Waals surface area contributed by atoms with Gasteiger partial charge in [0.05, 0.1) is 49.2 Å². The van der Waals surface area contributed by atoms with Crippen molar-refractivity contribution < 1.29 is 18.4 Å². The number of nitrogens with zero attached hydrogens (tertiary/aromatic N) is 4. The zero-order valence-corrected chi connectivity index (χ0v) is 37.2. The fourth-order valence-corrected chi connectivity index (χ4v) is 18.3. The van der Waals surface area contributed by atoms with Gasteiger partial charge < -0.3 is 28.2 Å². The zero-order valence-electron chi connectivity index (χ0n) is 34.0. The van der Waals surface area contributed by atoms with Gasteiger partial charge in [0.2, 0.25) is 0 Å². The van der Waals surface area contributed by atoms with E-state index in [2.05, 4.69) is 151 Å². The van der Waals surface area contributed by atoms with Crippen molar-refractivity contribution in [2.24, 2.45) is 23.7 Å². The Morgan fingerprint density at radius 2 is 1.00 bits per heavy atom. The molecule has 4 bridgehead atoms. The Balaban J connectivity index is 0.961. The summed E-state index contributed by atoms with van der Waals surface area (Å²) < 4.78 is 20.0. The highest BCUT2D eigenvalue weighted by atomic mass is 79.9. The van der Waals surface area contributed by atoms with Crippen LogP contribution in [-0.4, -0.2) is 85.0 Å². The van der Waals surface area contributed by atoms with Gasteiger partial charge in [-0.3, -0.25) is 0 Å². The first-order valence-electron chi connectivity index (χ1n) is 23.0. The molecule has 5 saturated heterocycles. The minimum Gasteiger partial charge on any atom is -0.354 e. The highest BCUT2D eigenvalue weighted by molar-refractivity contribution is 9.10. The number of hydrogen-bond donors (Lipinski definition) is 0. The summed E-state index contributed by atoms with van der Waals surface area (Å²) in [5, 5.41) is 0. The molecule has 9 heterocycles. The first kappa shape index (κ1) is 35.2. The molecular weight excluding hydrogens is 872 g/mol. The van der Waals surface area contributed by atoms with E-state index in [-0.39, 0.29) is 23.3 Å². The largest absolute Gasteiger partial charge is 0.354 e. The van der Waals surface area contributed by atoms with Gasteiger partial charge in [0, 0.05) is 80.8 Å². The van der Waals surface area contributed by atoms with Gasteiger partial charge in [0.15, 0.2) is 0 Å². The maximum atomic E-state index is 7.67. The maximum Gasteiger partial charge on any atom is 0.136 e. The molecule has 0 radical (unpaired) electrons. The third-order valence-electron chi connectivity index (χ3n) is 19.3. The highest BCUT2D eigenvalue weighted by Gasteiger charge is 2.81. The van der Waals surface area contributed by atoms with Crippen molar-refractivity contribution in [3.05, 3.63) is 152 Å². The lowest BCUT2D eigenvalue weighted by Crippen LogP contribution is -2.78. The van der Waals surface area contributed by atoms with Gasteiger partial charge in [-0.25, -0.2) is 0 Å². The standard InChI is InChI=1S/C52H52Br2N4O2/c53-35-13-9-31(10-14-35)27-57-21-19-51-39-5-1-3-7-41(39)55-47(51)45-37(25-43(51)57)33(29-57)18-24-60-50(45)56-42-8-4-2-6-40(42)52-20-22-58(28-32-11-15-36(54)16-12-32)30-34-17-23-59-49(55)46(48(52)56)38(34)26-44(52)58/h1-18,37-38,43-50H,19-30H2/q+2/t37-,38-,43-,44-,45+,46+,47-,48-,49+,50+,51+,52+,57?,58?/m0/s1. The minimum atomic E-state index is 0.00502. The Hall–Kier alpha value is -3.24. The molecule has 7 fully saturated rings. The van der Waals surface area contributed by atoms with Gasteiger partial charge in [-0.1, -0.05) is 105 Å². The number of ether oxygens (including phenoxy) is 2. The minimum absolute atomic E-state index is 0.00502. The molecule has 0 amide bonds. The summed E-state index contributed by atoms with van der Waals surface area (Å²) in [4.78, 5) is 6.01. The van der Waals surface area contributed by atoms with E-state index in [0.717, 1.165) is 35.1 Å². The molecule has 2 spiro atoms. The van der Waals surface area contributed by atoms with Gasteiger partial charge in [-0.15, -0.1) is 0 Å². The van der Waals surface area contributed by atoms with Crippen molar-refractivity contribution in [3.8, 4) is 0 Å². The smallest absolute Gasteiger partial charge is 0.136 e. The van der Waals surface area contributed by atoms with Gasteiger partial charge in [0.25, 0.3) is 0 Å². The van der Waals surface area contributed by atoms with Crippen molar-refractivity contribution in [1.82, 2.24) is 0 Å². The lowest BCUT2D eigenvalue weighted by atomic mass is 9.52. The molecule has 6 nitrogen and oxygen atoms in total. The summed E-state index contributed by atoms with van der Waals surface area (Å²) in [6.07, 6.45) is 10.1. The first-order valence-corrected chi connectivity index (χ1v) is 24.6. The van der Waals surface area contributed by atoms with E-state index in [4.69, 9.17) is 9.47 Å². The molecule has 11 aliphatic rings. The molecule has 2 aliphatic carbocycles. The molecule has 14 atom stereocenters. The highest BCUT2D eigenvalue weighted by Crippen LogP contribution is 2.73. The van der Waals surface area contributed by atoms with Crippen molar-refractivity contribution in [2.45, 2.75) is 86.2 Å². The number of halogens is 2. The Kier molecular flexibility index (Phi) is 6.96. The maximum absolute atomic E-state index is 7.67. The molecule has 2 unspecified atom stereocenters. The third kappa shape index (κ3) is 4.09. The lowest BCUT2D eigenvalue weighted by molar-refractivity contribution is -0.955. The molecule has 2 saturated carbocycles.